The summed E-state index contributed by atoms with van der Waals surface area (Å²) in [7, 11) is 0. The van der Waals surface area contributed by atoms with Crippen LogP contribution in [0.1, 0.15) is 25.0 Å². The molecule has 0 aliphatic carbocycles. The maximum atomic E-state index is 12.3. The van der Waals surface area contributed by atoms with Crippen molar-refractivity contribution in [3.8, 4) is 0 Å². The largest absolute Gasteiger partial charge is 0.289 e. The van der Waals surface area contributed by atoms with Gasteiger partial charge in [-0.15, -0.1) is 0 Å². The third-order valence-corrected chi connectivity index (χ3v) is 3.08. The van der Waals surface area contributed by atoms with E-state index in [2.05, 4.69) is 0 Å². The first-order chi connectivity index (χ1) is 9.66. The fourth-order valence-electron chi connectivity index (χ4n) is 2.04. The van der Waals surface area contributed by atoms with Crippen molar-refractivity contribution in [2.24, 2.45) is 0 Å². The predicted molar refractivity (Wildman–Crippen MR) is 85.2 cm³/mol. The SMILES string of the molecule is C/C(=C/c1ccccc1)C(=O)/C(C)=C\c1ccccc1. The van der Waals surface area contributed by atoms with Crippen LogP contribution >= 0.6 is 0 Å². The Morgan fingerprint density at radius 2 is 1.05 bits per heavy atom. The standard InChI is InChI=1S/C19H18O/c1-15(13-17-9-5-3-6-10-17)19(20)16(2)14-18-11-7-4-8-12-18/h3-14H,1-2H3/b15-13-,16-14-. The lowest BCUT2D eigenvalue weighted by molar-refractivity contribution is -0.112. The van der Waals surface area contributed by atoms with Crippen molar-refractivity contribution in [3.05, 3.63) is 82.9 Å². The van der Waals surface area contributed by atoms with Crippen LogP contribution in [-0.4, -0.2) is 5.78 Å². The lowest BCUT2D eigenvalue weighted by atomic mass is 10.0. The number of allylic oxidation sites excluding steroid dienone is 2. The van der Waals surface area contributed by atoms with Crippen molar-refractivity contribution in [2.75, 3.05) is 0 Å². The van der Waals surface area contributed by atoms with Crippen molar-refractivity contribution >= 4 is 17.9 Å². The van der Waals surface area contributed by atoms with Gasteiger partial charge in [-0.25, -0.2) is 0 Å². The van der Waals surface area contributed by atoms with Gasteiger partial charge in [0, 0.05) is 0 Å². The van der Waals surface area contributed by atoms with Crippen LogP contribution in [0.25, 0.3) is 12.2 Å². The van der Waals surface area contributed by atoms with E-state index in [-0.39, 0.29) is 5.78 Å². The quantitative estimate of drug-likeness (QED) is 0.726. The Balaban J connectivity index is 2.19. The van der Waals surface area contributed by atoms with Crippen LogP contribution in [0.3, 0.4) is 0 Å². The minimum Gasteiger partial charge on any atom is -0.289 e. The number of ketones is 1. The Hall–Kier alpha value is -2.41. The molecule has 100 valence electrons. The fourth-order valence-corrected chi connectivity index (χ4v) is 2.04. The van der Waals surface area contributed by atoms with Gasteiger partial charge in [0.1, 0.15) is 0 Å². The first-order valence-corrected chi connectivity index (χ1v) is 6.68. The monoisotopic (exact) mass is 262 g/mol. The van der Waals surface area contributed by atoms with Crippen LogP contribution in [-0.2, 0) is 4.79 Å². The molecular formula is C19H18O. The molecule has 0 saturated heterocycles. The van der Waals surface area contributed by atoms with E-state index in [1.165, 1.54) is 0 Å². The molecule has 1 nitrogen and oxygen atoms in total. The number of carbonyl (C=O) groups is 1. The van der Waals surface area contributed by atoms with Gasteiger partial charge in [0.15, 0.2) is 5.78 Å². The minimum atomic E-state index is 0.0812. The topological polar surface area (TPSA) is 17.1 Å². The Kier molecular flexibility index (Phi) is 4.67. The highest BCUT2D eigenvalue weighted by Crippen LogP contribution is 2.13. The summed E-state index contributed by atoms with van der Waals surface area (Å²) in [6, 6.07) is 19.8. The van der Waals surface area contributed by atoms with Gasteiger partial charge in [0.05, 0.1) is 0 Å². The highest BCUT2D eigenvalue weighted by molar-refractivity contribution is 6.12. The summed E-state index contributed by atoms with van der Waals surface area (Å²) >= 11 is 0. The van der Waals surface area contributed by atoms with Crippen LogP contribution in [0.15, 0.2) is 71.8 Å². The van der Waals surface area contributed by atoms with Gasteiger partial charge in [-0.2, -0.15) is 0 Å². The van der Waals surface area contributed by atoms with E-state index in [9.17, 15) is 4.79 Å². The first-order valence-electron chi connectivity index (χ1n) is 6.68. The highest BCUT2D eigenvalue weighted by atomic mass is 16.1. The highest BCUT2D eigenvalue weighted by Gasteiger charge is 2.07. The van der Waals surface area contributed by atoms with Crippen LogP contribution in [0.4, 0.5) is 0 Å². The second-order valence-electron chi connectivity index (χ2n) is 4.81. The van der Waals surface area contributed by atoms with E-state index in [1.54, 1.807) is 0 Å². The van der Waals surface area contributed by atoms with Gasteiger partial charge in [0.2, 0.25) is 0 Å². The second-order valence-corrected chi connectivity index (χ2v) is 4.81. The molecule has 0 radical (unpaired) electrons. The molecule has 0 fully saturated rings. The second kappa shape index (κ2) is 6.67. The molecule has 0 aliphatic heterocycles. The molecule has 0 heterocycles. The molecule has 0 atom stereocenters. The summed E-state index contributed by atoms with van der Waals surface area (Å²) < 4.78 is 0. The summed E-state index contributed by atoms with van der Waals surface area (Å²) in [5.41, 5.74) is 3.60. The summed E-state index contributed by atoms with van der Waals surface area (Å²) in [6.45, 7) is 3.72. The molecule has 1 heteroatoms. The van der Waals surface area contributed by atoms with E-state index in [0.717, 1.165) is 22.3 Å². The Labute approximate surface area is 120 Å². The van der Waals surface area contributed by atoms with E-state index < -0.39 is 0 Å². The molecule has 0 unspecified atom stereocenters. The fraction of sp³-hybridized carbons (Fsp3) is 0.105. The van der Waals surface area contributed by atoms with Crippen LogP contribution in [0.5, 0.6) is 0 Å². The Morgan fingerprint density at radius 3 is 1.40 bits per heavy atom. The average molecular weight is 262 g/mol. The zero-order valence-electron chi connectivity index (χ0n) is 11.8. The number of carbonyl (C=O) groups excluding carboxylic acids is 1. The smallest absolute Gasteiger partial charge is 0.184 e. The lowest BCUT2D eigenvalue weighted by Crippen LogP contribution is -2.00. The zero-order chi connectivity index (χ0) is 14.4. The van der Waals surface area contributed by atoms with Gasteiger partial charge < -0.3 is 0 Å². The summed E-state index contributed by atoms with van der Waals surface area (Å²) in [6.07, 6.45) is 3.84. The van der Waals surface area contributed by atoms with E-state index in [4.69, 9.17) is 0 Å². The molecule has 0 N–H and O–H groups in total. The number of hydrogen-bond donors (Lipinski definition) is 0. The van der Waals surface area contributed by atoms with Crippen molar-refractivity contribution in [1.82, 2.24) is 0 Å². The van der Waals surface area contributed by atoms with Gasteiger partial charge in [-0.1, -0.05) is 60.7 Å². The van der Waals surface area contributed by atoms with Crippen LogP contribution in [0, 0.1) is 0 Å². The molecular weight excluding hydrogens is 244 g/mol. The number of hydrogen-bond acceptors (Lipinski definition) is 1. The van der Waals surface area contributed by atoms with Crippen molar-refractivity contribution in [3.63, 3.8) is 0 Å². The molecule has 2 aromatic carbocycles. The third kappa shape index (κ3) is 3.79. The van der Waals surface area contributed by atoms with E-state index in [0.29, 0.717) is 0 Å². The molecule has 0 amide bonds. The minimum absolute atomic E-state index is 0.0812. The maximum Gasteiger partial charge on any atom is 0.184 e. The van der Waals surface area contributed by atoms with Gasteiger partial charge in [-0.3, -0.25) is 4.79 Å². The number of rotatable bonds is 4. The lowest BCUT2D eigenvalue weighted by Gasteiger charge is -2.02. The Morgan fingerprint density at radius 1 is 0.700 bits per heavy atom. The Bertz CT molecular complexity index is 576. The molecule has 0 bridgehead atoms. The molecule has 0 spiro atoms. The maximum absolute atomic E-state index is 12.3. The molecule has 0 saturated carbocycles. The average Bonchev–Trinajstić information content (AvgIpc) is 2.48. The summed E-state index contributed by atoms with van der Waals surface area (Å²) in [5, 5.41) is 0. The zero-order valence-corrected chi connectivity index (χ0v) is 11.8. The normalized spacial score (nSPS) is 12.3. The first kappa shape index (κ1) is 14.0. The van der Waals surface area contributed by atoms with E-state index in [1.807, 2.05) is 86.7 Å². The molecule has 0 aromatic heterocycles. The number of benzene rings is 2. The van der Waals surface area contributed by atoms with Crippen molar-refractivity contribution in [2.45, 2.75) is 13.8 Å². The molecule has 0 aliphatic rings. The summed E-state index contributed by atoms with van der Waals surface area (Å²) in [4.78, 5) is 12.3. The van der Waals surface area contributed by atoms with Crippen LogP contribution < -0.4 is 0 Å². The van der Waals surface area contributed by atoms with Crippen molar-refractivity contribution in [1.29, 1.82) is 0 Å². The molecule has 20 heavy (non-hydrogen) atoms. The molecule has 2 aromatic rings. The predicted octanol–water partition coefficient (Wildman–Crippen LogP) is 4.76. The van der Waals surface area contributed by atoms with Gasteiger partial charge >= 0.3 is 0 Å². The van der Waals surface area contributed by atoms with Gasteiger partial charge in [0.25, 0.3) is 0 Å². The third-order valence-electron chi connectivity index (χ3n) is 3.08. The molecule has 2 rings (SSSR count). The van der Waals surface area contributed by atoms with Crippen LogP contribution in [0.2, 0.25) is 0 Å². The number of Topliss-reactive ketones (excluding diaryl/α,β-unsaturated/α-hetero) is 1. The van der Waals surface area contributed by atoms with Crippen molar-refractivity contribution < 1.29 is 4.79 Å². The summed E-state index contributed by atoms with van der Waals surface area (Å²) in [5.74, 6) is 0.0812. The van der Waals surface area contributed by atoms with Gasteiger partial charge in [-0.05, 0) is 48.3 Å². The van der Waals surface area contributed by atoms with E-state index >= 15 is 0 Å².